The molecule has 120 valence electrons. The molecule has 2 aromatic rings. The van der Waals surface area contributed by atoms with Gasteiger partial charge < -0.3 is 15.2 Å². The van der Waals surface area contributed by atoms with Gasteiger partial charge in [0.25, 0.3) is 5.91 Å². The lowest BCUT2D eigenvalue weighted by Gasteiger charge is -2.11. The summed E-state index contributed by atoms with van der Waals surface area (Å²) in [7, 11) is 0. The molecule has 0 saturated heterocycles. The summed E-state index contributed by atoms with van der Waals surface area (Å²) in [6.07, 6.45) is 0. The van der Waals surface area contributed by atoms with Crippen molar-refractivity contribution in [1.29, 1.82) is 0 Å². The van der Waals surface area contributed by atoms with E-state index >= 15 is 0 Å². The molecule has 0 aliphatic carbocycles. The third-order valence-electron chi connectivity index (χ3n) is 3.31. The molecule has 0 heterocycles. The van der Waals surface area contributed by atoms with Crippen molar-refractivity contribution < 1.29 is 19.4 Å². The van der Waals surface area contributed by atoms with Gasteiger partial charge >= 0.3 is 5.97 Å². The molecule has 0 saturated carbocycles. The van der Waals surface area contributed by atoms with Gasteiger partial charge in [0.2, 0.25) is 0 Å². The summed E-state index contributed by atoms with van der Waals surface area (Å²) >= 11 is 3.36. The molecule has 6 heteroatoms. The van der Waals surface area contributed by atoms with Crippen molar-refractivity contribution in [2.24, 2.45) is 0 Å². The lowest BCUT2D eigenvalue weighted by Crippen LogP contribution is -2.14. The van der Waals surface area contributed by atoms with Crippen LogP contribution in [0.3, 0.4) is 0 Å². The fourth-order valence-electron chi connectivity index (χ4n) is 2.11. The number of hydrogen-bond donors (Lipinski definition) is 2. The maximum Gasteiger partial charge on any atom is 0.336 e. The molecule has 0 aliphatic heterocycles. The fraction of sp³-hybridized carbons (Fsp3) is 0.176. The number of aromatic carboxylic acids is 1. The van der Waals surface area contributed by atoms with Crippen molar-refractivity contribution in [3.63, 3.8) is 0 Å². The monoisotopic (exact) mass is 377 g/mol. The third-order valence-corrected chi connectivity index (χ3v) is 3.93. The van der Waals surface area contributed by atoms with Crippen LogP contribution in [0.1, 0.15) is 33.2 Å². The minimum absolute atomic E-state index is 0.163. The number of carbonyl (C=O) groups excluding carboxylic acids is 1. The van der Waals surface area contributed by atoms with Crippen molar-refractivity contribution in [3.8, 4) is 5.75 Å². The predicted molar refractivity (Wildman–Crippen MR) is 91.4 cm³/mol. The summed E-state index contributed by atoms with van der Waals surface area (Å²) in [5.41, 5.74) is 1.59. The molecule has 0 atom stereocenters. The van der Waals surface area contributed by atoms with Gasteiger partial charge in [-0.25, -0.2) is 4.79 Å². The topological polar surface area (TPSA) is 75.6 Å². The van der Waals surface area contributed by atoms with Crippen LogP contribution < -0.4 is 10.1 Å². The van der Waals surface area contributed by atoms with Crippen molar-refractivity contribution >= 4 is 33.5 Å². The van der Waals surface area contributed by atoms with Crippen LogP contribution in [0, 0.1) is 6.92 Å². The van der Waals surface area contributed by atoms with Crippen molar-refractivity contribution in [2.75, 3.05) is 11.9 Å². The van der Waals surface area contributed by atoms with Gasteiger partial charge in [-0.3, -0.25) is 4.79 Å². The second-order valence-corrected chi connectivity index (χ2v) is 5.67. The predicted octanol–water partition coefficient (Wildman–Crippen LogP) is 4.11. The van der Waals surface area contributed by atoms with Gasteiger partial charge in [-0.2, -0.15) is 0 Å². The Morgan fingerprint density at radius 2 is 2.00 bits per heavy atom. The first-order valence-electron chi connectivity index (χ1n) is 7.00. The Labute approximate surface area is 142 Å². The van der Waals surface area contributed by atoms with Crippen LogP contribution in [0.5, 0.6) is 5.75 Å². The minimum Gasteiger partial charge on any atom is -0.493 e. The third kappa shape index (κ3) is 3.90. The highest BCUT2D eigenvalue weighted by atomic mass is 79.9. The Morgan fingerprint density at radius 1 is 1.26 bits per heavy atom. The largest absolute Gasteiger partial charge is 0.493 e. The summed E-state index contributed by atoms with van der Waals surface area (Å²) in [4.78, 5) is 23.5. The number of ether oxygens (including phenoxy) is 1. The van der Waals surface area contributed by atoms with Gasteiger partial charge in [0.05, 0.1) is 16.6 Å². The molecule has 23 heavy (non-hydrogen) atoms. The molecular weight excluding hydrogens is 362 g/mol. The average Bonchev–Trinajstić information content (AvgIpc) is 2.51. The number of hydrogen-bond acceptors (Lipinski definition) is 3. The van der Waals surface area contributed by atoms with E-state index in [1.54, 1.807) is 37.3 Å². The average molecular weight is 378 g/mol. The Hall–Kier alpha value is -2.34. The number of amides is 1. The van der Waals surface area contributed by atoms with Crippen LogP contribution in [0.15, 0.2) is 40.9 Å². The molecule has 2 rings (SSSR count). The highest BCUT2D eigenvalue weighted by Gasteiger charge is 2.14. The standard InChI is InChI=1S/C17H16BrNO4/c1-3-23-15-8-7-11(9-13(15)18)16(20)19-14-6-4-5-12(10(14)2)17(21)22/h4-9H,3H2,1-2H3,(H,19,20)(H,21,22). The van der Waals surface area contributed by atoms with Crippen LogP contribution >= 0.6 is 15.9 Å². The lowest BCUT2D eigenvalue weighted by molar-refractivity contribution is 0.0695. The maximum atomic E-state index is 12.3. The zero-order valence-electron chi connectivity index (χ0n) is 12.7. The molecule has 0 aliphatic rings. The van der Waals surface area contributed by atoms with E-state index in [0.29, 0.717) is 33.6 Å². The number of rotatable bonds is 5. The Balaban J connectivity index is 2.24. The van der Waals surface area contributed by atoms with E-state index in [4.69, 9.17) is 9.84 Å². The summed E-state index contributed by atoms with van der Waals surface area (Å²) in [6, 6.07) is 9.80. The number of halogens is 1. The van der Waals surface area contributed by atoms with E-state index in [1.807, 2.05) is 6.92 Å². The Bertz CT molecular complexity index is 758. The number of carboxylic acid groups (broad SMARTS) is 1. The zero-order chi connectivity index (χ0) is 17.0. The second-order valence-electron chi connectivity index (χ2n) is 4.82. The van der Waals surface area contributed by atoms with Crippen LogP contribution in [0.4, 0.5) is 5.69 Å². The Morgan fingerprint density at radius 3 is 2.61 bits per heavy atom. The minimum atomic E-state index is -1.03. The molecule has 0 radical (unpaired) electrons. The number of nitrogens with one attached hydrogen (secondary N) is 1. The van der Waals surface area contributed by atoms with E-state index < -0.39 is 5.97 Å². The second kappa shape index (κ2) is 7.28. The van der Waals surface area contributed by atoms with Crippen LogP contribution in [-0.2, 0) is 0 Å². The molecule has 2 aromatic carbocycles. The van der Waals surface area contributed by atoms with Gasteiger partial charge in [-0.15, -0.1) is 0 Å². The normalized spacial score (nSPS) is 10.2. The molecule has 0 spiro atoms. The molecule has 5 nitrogen and oxygen atoms in total. The first-order chi connectivity index (χ1) is 10.9. The SMILES string of the molecule is CCOc1ccc(C(=O)Nc2cccc(C(=O)O)c2C)cc1Br. The zero-order valence-corrected chi connectivity index (χ0v) is 14.3. The van der Waals surface area contributed by atoms with Gasteiger partial charge in [-0.05, 0) is 65.7 Å². The van der Waals surface area contributed by atoms with E-state index in [1.165, 1.54) is 6.07 Å². The summed E-state index contributed by atoms with van der Waals surface area (Å²) < 4.78 is 6.09. The molecule has 0 unspecified atom stereocenters. The number of benzene rings is 2. The number of carbonyl (C=O) groups is 2. The van der Waals surface area contributed by atoms with Gasteiger partial charge in [-0.1, -0.05) is 6.07 Å². The highest BCUT2D eigenvalue weighted by molar-refractivity contribution is 9.10. The quantitative estimate of drug-likeness (QED) is 0.821. The molecule has 2 N–H and O–H groups in total. The van der Waals surface area contributed by atoms with Crippen molar-refractivity contribution in [1.82, 2.24) is 0 Å². The molecule has 1 amide bonds. The van der Waals surface area contributed by atoms with E-state index in [-0.39, 0.29) is 11.5 Å². The van der Waals surface area contributed by atoms with Gasteiger partial charge in [0.1, 0.15) is 5.75 Å². The number of carboxylic acids is 1. The first-order valence-corrected chi connectivity index (χ1v) is 7.80. The summed E-state index contributed by atoms with van der Waals surface area (Å²) in [5, 5.41) is 11.9. The van der Waals surface area contributed by atoms with Crippen LogP contribution in [-0.4, -0.2) is 23.6 Å². The van der Waals surface area contributed by atoms with Crippen molar-refractivity contribution in [3.05, 3.63) is 57.6 Å². The Kier molecular flexibility index (Phi) is 5.39. The van der Waals surface area contributed by atoms with E-state index in [2.05, 4.69) is 21.2 Å². The lowest BCUT2D eigenvalue weighted by atomic mass is 10.1. The van der Waals surface area contributed by atoms with Crippen LogP contribution in [0.2, 0.25) is 0 Å². The summed E-state index contributed by atoms with van der Waals surface area (Å²) in [6.45, 7) is 4.07. The van der Waals surface area contributed by atoms with Gasteiger partial charge in [0, 0.05) is 11.3 Å². The van der Waals surface area contributed by atoms with Crippen LogP contribution in [0.25, 0.3) is 0 Å². The highest BCUT2D eigenvalue weighted by Crippen LogP contribution is 2.27. The molecule has 0 aromatic heterocycles. The molecule has 0 bridgehead atoms. The van der Waals surface area contributed by atoms with E-state index in [9.17, 15) is 9.59 Å². The maximum absolute atomic E-state index is 12.3. The van der Waals surface area contributed by atoms with Gasteiger partial charge in [0.15, 0.2) is 0 Å². The smallest absolute Gasteiger partial charge is 0.336 e. The molecule has 0 fully saturated rings. The first kappa shape index (κ1) is 17.0. The molecular formula is C17H16BrNO4. The fourth-order valence-corrected chi connectivity index (χ4v) is 2.61. The van der Waals surface area contributed by atoms with Crippen molar-refractivity contribution in [2.45, 2.75) is 13.8 Å². The van der Waals surface area contributed by atoms with E-state index in [0.717, 1.165) is 0 Å². The summed E-state index contributed by atoms with van der Waals surface area (Å²) in [5.74, 6) is -0.685. The number of anilines is 1.